The lowest BCUT2D eigenvalue weighted by molar-refractivity contribution is -0.141. The summed E-state index contributed by atoms with van der Waals surface area (Å²) in [6, 6.07) is 6.55. The first kappa shape index (κ1) is 14.6. The zero-order valence-electron chi connectivity index (χ0n) is 12.2. The van der Waals surface area contributed by atoms with Crippen molar-refractivity contribution in [3.05, 3.63) is 35.6 Å². The standard InChI is InChI=1S/C16H17NO5/c1-21-9-11-10-5-2-3-7-13(10)22-14(11)15(18)17-8-4-6-12(17)16(19)20/h2-3,5,7,12H,4,6,8-9H2,1H3,(H,19,20)/t12-/m0/s1. The predicted molar refractivity (Wildman–Crippen MR) is 78.6 cm³/mol. The summed E-state index contributed by atoms with van der Waals surface area (Å²) in [5, 5.41) is 10.1. The lowest BCUT2D eigenvalue weighted by Gasteiger charge is -2.20. The second-order valence-corrected chi connectivity index (χ2v) is 5.33. The number of amides is 1. The zero-order chi connectivity index (χ0) is 15.7. The van der Waals surface area contributed by atoms with Crippen LogP contribution in [0.25, 0.3) is 11.0 Å². The summed E-state index contributed by atoms with van der Waals surface area (Å²) < 4.78 is 10.9. The van der Waals surface area contributed by atoms with Gasteiger partial charge in [0.25, 0.3) is 5.91 Å². The number of para-hydroxylation sites is 1. The number of carbonyl (C=O) groups excluding carboxylic acids is 1. The highest BCUT2D eigenvalue weighted by Gasteiger charge is 2.37. The minimum atomic E-state index is -0.977. The molecule has 1 saturated heterocycles. The average molecular weight is 303 g/mol. The van der Waals surface area contributed by atoms with Gasteiger partial charge in [-0.2, -0.15) is 0 Å². The molecule has 0 radical (unpaired) electrons. The first-order chi connectivity index (χ1) is 10.6. The van der Waals surface area contributed by atoms with E-state index in [0.717, 1.165) is 5.39 Å². The second-order valence-electron chi connectivity index (χ2n) is 5.33. The third-order valence-corrected chi connectivity index (χ3v) is 3.98. The summed E-state index contributed by atoms with van der Waals surface area (Å²) >= 11 is 0. The molecule has 1 N–H and O–H groups in total. The van der Waals surface area contributed by atoms with Gasteiger partial charge in [0, 0.05) is 24.6 Å². The van der Waals surface area contributed by atoms with E-state index in [1.165, 1.54) is 4.90 Å². The van der Waals surface area contributed by atoms with Gasteiger partial charge < -0.3 is 19.2 Å². The smallest absolute Gasteiger partial charge is 0.326 e. The van der Waals surface area contributed by atoms with Crippen LogP contribution in [0.2, 0.25) is 0 Å². The highest BCUT2D eigenvalue weighted by atomic mass is 16.5. The van der Waals surface area contributed by atoms with E-state index in [1.807, 2.05) is 18.2 Å². The molecule has 1 atom stereocenters. The molecule has 116 valence electrons. The normalized spacial score (nSPS) is 18.0. The Hall–Kier alpha value is -2.34. The molecule has 1 aliphatic rings. The van der Waals surface area contributed by atoms with Crippen molar-refractivity contribution in [2.45, 2.75) is 25.5 Å². The van der Waals surface area contributed by atoms with Crippen LogP contribution in [0.3, 0.4) is 0 Å². The van der Waals surface area contributed by atoms with E-state index in [2.05, 4.69) is 0 Å². The predicted octanol–water partition coefficient (Wildman–Crippen LogP) is 2.27. The maximum absolute atomic E-state index is 12.7. The molecule has 0 spiro atoms. The molecule has 1 aromatic carbocycles. The molecule has 6 heteroatoms. The number of hydrogen-bond acceptors (Lipinski definition) is 4. The van der Waals surface area contributed by atoms with Crippen molar-refractivity contribution in [3.63, 3.8) is 0 Å². The number of methoxy groups -OCH3 is 1. The van der Waals surface area contributed by atoms with Gasteiger partial charge >= 0.3 is 5.97 Å². The van der Waals surface area contributed by atoms with Crippen molar-refractivity contribution in [2.75, 3.05) is 13.7 Å². The average Bonchev–Trinajstić information content (AvgIpc) is 3.12. The fourth-order valence-electron chi connectivity index (χ4n) is 2.96. The number of ether oxygens (including phenoxy) is 1. The molecule has 2 aromatic rings. The second kappa shape index (κ2) is 5.81. The van der Waals surface area contributed by atoms with Gasteiger partial charge in [-0.3, -0.25) is 4.79 Å². The number of furan rings is 1. The minimum Gasteiger partial charge on any atom is -0.480 e. The van der Waals surface area contributed by atoms with E-state index in [1.54, 1.807) is 13.2 Å². The number of aliphatic carboxylic acids is 1. The Kier molecular flexibility index (Phi) is 3.85. The largest absolute Gasteiger partial charge is 0.480 e. The molecule has 0 saturated carbocycles. The van der Waals surface area contributed by atoms with Crippen LogP contribution in [-0.4, -0.2) is 41.6 Å². The summed E-state index contributed by atoms with van der Waals surface area (Å²) in [5.41, 5.74) is 1.27. The summed E-state index contributed by atoms with van der Waals surface area (Å²) in [7, 11) is 1.55. The summed E-state index contributed by atoms with van der Waals surface area (Å²) in [6.45, 7) is 0.670. The van der Waals surface area contributed by atoms with Gasteiger partial charge in [-0.05, 0) is 18.9 Å². The lowest BCUT2D eigenvalue weighted by atomic mass is 10.1. The molecule has 1 fully saturated rings. The van der Waals surface area contributed by atoms with Crippen molar-refractivity contribution in [3.8, 4) is 0 Å². The SMILES string of the molecule is COCc1c(C(=O)N2CCC[C@H]2C(=O)O)oc2ccccc12. The van der Waals surface area contributed by atoms with Gasteiger partial charge in [0.05, 0.1) is 6.61 Å². The number of benzene rings is 1. The molecule has 1 amide bonds. The van der Waals surface area contributed by atoms with Gasteiger partial charge in [0.1, 0.15) is 11.6 Å². The molecular weight excluding hydrogens is 286 g/mol. The van der Waals surface area contributed by atoms with Crippen molar-refractivity contribution in [1.29, 1.82) is 0 Å². The molecule has 6 nitrogen and oxygen atoms in total. The Balaban J connectivity index is 2.03. The Bertz CT molecular complexity index is 720. The molecule has 0 unspecified atom stereocenters. The third kappa shape index (κ3) is 2.35. The number of rotatable bonds is 4. The molecule has 0 bridgehead atoms. The van der Waals surface area contributed by atoms with Crippen LogP contribution in [0, 0.1) is 0 Å². The Morgan fingerprint density at radius 1 is 1.41 bits per heavy atom. The highest BCUT2D eigenvalue weighted by Crippen LogP contribution is 2.29. The number of carboxylic acids is 1. The van der Waals surface area contributed by atoms with Gasteiger partial charge in [-0.1, -0.05) is 18.2 Å². The quantitative estimate of drug-likeness (QED) is 0.937. The number of carbonyl (C=O) groups is 2. The highest BCUT2D eigenvalue weighted by molar-refractivity contribution is 6.00. The summed E-state index contributed by atoms with van der Waals surface area (Å²) in [4.78, 5) is 25.4. The number of nitrogens with zero attached hydrogens (tertiary/aromatic N) is 1. The maximum Gasteiger partial charge on any atom is 0.326 e. The van der Waals surface area contributed by atoms with Gasteiger partial charge in [-0.25, -0.2) is 4.79 Å². The fourth-order valence-corrected chi connectivity index (χ4v) is 2.96. The van der Waals surface area contributed by atoms with E-state index >= 15 is 0 Å². The van der Waals surface area contributed by atoms with Crippen LogP contribution in [0.5, 0.6) is 0 Å². The molecule has 22 heavy (non-hydrogen) atoms. The fraction of sp³-hybridized carbons (Fsp3) is 0.375. The van der Waals surface area contributed by atoms with E-state index in [0.29, 0.717) is 30.5 Å². The van der Waals surface area contributed by atoms with Crippen molar-refractivity contribution < 1.29 is 23.8 Å². The number of fused-ring (bicyclic) bond motifs is 1. The third-order valence-electron chi connectivity index (χ3n) is 3.98. The van der Waals surface area contributed by atoms with Crippen LogP contribution < -0.4 is 0 Å². The molecule has 1 aliphatic heterocycles. The van der Waals surface area contributed by atoms with Crippen LogP contribution in [-0.2, 0) is 16.1 Å². The number of hydrogen-bond donors (Lipinski definition) is 1. The molecule has 2 heterocycles. The summed E-state index contributed by atoms with van der Waals surface area (Å²) in [5.74, 6) is -1.18. The monoisotopic (exact) mass is 303 g/mol. The topological polar surface area (TPSA) is 80.0 Å². The van der Waals surface area contributed by atoms with Gasteiger partial charge in [0.15, 0.2) is 5.76 Å². The van der Waals surface area contributed by atoms with E-state index in [9.17, 15) is 14.7 Å². The Morgan fingerprint density at radius 2 is 2.18 bits per heavy atom. The Morgan fingerprint density at radius 3 is 2.91 bits per heavy atom. The van der Waals surface area contributed by atoms with Crippen LogP contribution >= 0.6 is 0 Å². The first-order valence-corrected chi connectivity index (χ1v) is 7.16. The van der Waals surface area contributed by atoms with E-state index < -0.39 is 12.0 Å². The van der Waals surface area contributed by atoms with Crippen LogP contribution in [0.4, 0.5) is 0 Å². The molecular formula is C16H17NO5. The lowest BCUT2D eigenvalue weighted by Crippen LogP contribution is -2.40. The van der Waals surface area contributed by atoms with Gasteiger partial charge in [-0.15, -0.1) is 0 Å². The number of carboxylic acid groups (broad SMARTS) is 1. The van der Waals surface area contributed by atoms with Crippen LogP contribution in [0.1, 0.15) is 29.0 Å². The molecule has 3 rings (SSSR count). The van der Waals surface area contributed by atoms with E-state index in [4.69, 9.17) is 9.15 Å². The van der Waals surface area contributed by atoms with E-state index in [-0.39, 0.29) is 18.3 Å². The first-order valence-electron chi connectivity index (χ1n) is 7.16. The molecule has 1 aromatic heterocycles. The van der Waals surface area contributed by atoms with Crippen LogP contribution in [0.15, 0.2) is 28.7 Å². The Labute approximate surface area is 127 Å². The van der Waals surface area contributed by atoms with Crippen molar-refractivity contribution in [1.82, 2.24) is 4.90 Å². The van der Waals surface area contributed by atoms with Crippen molar-refractivity contribution in [2.24, 2.45) is 0 Å². The molecule has 0 aliphatic carbocycles. The minimum absolute atomic E-state index is 0.177. The van der Waals surface area contributed by atoms with Crippen molar-refractivity contribution >= 4 is 22.8 Å². The van der Waals surface area contributed by atoms with Gasteiger partial charge in [0.2, 0.25) is 0 Å². The summed E-state index contributed by atoms with van der Waals surface area (Å²) in [6.07, 6.45) is 1.16. The maximum atomic E-state index is 12.7. The number of likely N-dealkylation sites (tertiary alicyclic amines) is 1. The zero-order valence-corrected chi connectivity index (χ0v) is 12.2.